The summed E-state index contributed by atoms with van der Waals surface area (Å²) >= 11 is 15.2. The Morgan fingerprint density at radius 2 is 2.07 bits per heavy atom. The average molecular weight is 493 g/mol. The van der Waals surface area contributed by atoms with Gasteiger partial charge >= 0.3 is 0 Å². The summed E-state index contributed by atoms with van der Waals surface area (Å²) in [5.41, 5.74) is 1.03. The third-order valence-corrected chi connectivity index (χ3v) is 5.84. The first-order chi connectivity index (χ1) is 13.3. The van der Waals surface area contributed by atoms with Gasteiger partial charge in [-0.1, -0.05) is 23.2 Å². The summed E-state index contributed by atoms with van der Waals surface area (Å²) < 4.78 is 11.9. The monoisotopic (exact) mass is 491 g/mol. The van der Waals surface area contributed by atoms with E-state index in [-0.39, 0.29) is 24.6 Å². The van der Waals surface area contributed by atoms with Gasteiger partial charge < -0.3 is 20.1 Å². The molecule has 1 saturated heterocycles. The Kier molecular flexibility index (Phi) is 9.08. The molecule has 9 heteroatoms. The zero-order valence-corrected chi connectivity index (χ0v) is 19.1. The number of ether oxygens (including phenoxy) is 2. The van der Waals surface area contributed by atoms with Crippen LogP contribution in [0.3, 0.4) is 0 Å². The van der Waals surface area contributed by atoms with Crippen LogP contribution in [0.1, 0.15) is 26.7 Å². The quantitative estimate of drug-likeness (QED) is 0.352. The lowest BCUT2D eigenvalue weighted by Gasteiger charge is -2.30. The van der Waals surface area contributed by atoms with Crippen LogP contribution in [0.2, 0.25) is 10.0 Å². The number of nitrogens with zero attached hydrogens (tertiary/aromatic N) is 1. The Morgan fingerprint density at radius 3 is 2.64 bits per heavy atom. The van der Waals surface area contributed by atoms with Crippen LogP contribution in [0, 0.1) is 0 Å². The molecule has 0 spiro atoms. The maximum Gasteiger partial charge on any atom is 0.258 e. The fourth-order valence-corrected chi connectivity index (χ4v) is 3.10. The van der Waals surface area contributed by atoms with E-state index < -0.39 is 0 Å². The lowest BCUT2D eigenvalue weighted by atomic mass is 10.0. The van der Waals surface area contributed by atoms with E-state index in [0.29, 0.717) is 32.9 Å². The molecule has 2 N–H and O–H groups in total. The smallest absolute Gasteiger partial charge is 0.258 e. The van der Waals surface area contributed by atoms with Crippen molar-refractivity contribution >= 4 is 50.9 Å². The number of aliphatic imine (C=N–C) groups is 1. The number of hydrogen-bond donors (Lipinski definition) is 2. The predicted molar refractivity (Wildman–Crippen MR) is 117 cm³/mol. The van der Waals surface area contributed by atoms with E-state index in [1.54, 1.807) is 25.2 Å². The summed E-state index contributed by atoms with van der Waals surface area (Å²) in [6.45, 7) is 4.45. The summed E-state index contributed by atoms with van der Waals surface area (Å²) in [7, 11) is 1.70. The van der Waals surface area contributed by atoms with Crippen molar-refractivity contribution in [2.24, 2.45) is 4.99 Å². The van der Waals surface area contributed by atoms with Gasteiger partial charge in [0.15, 0.2) is 11.3 Å². The number of rotatable bonds is 6. The van der Waals surface area contributed by atoms with E-state index in [2.05, 4.69) is 31.6 Å². The second kappa shape index (κ2) is 11.0. The minimum atomic E-state index is -0.191. The standard InChI is InChI=1S/C19H24BrCl2N3O3/c1-11(2)18(20)28-19(23-3)16-7-4-12(9-24-16)25-17(26)10-27-13-5-6-14(21)15(22)8-13/h5-6,8,12,16,24H,4,7,9-10H2,1-3H3,(H,25,26)/b23-19-/t12-,16+/m0/s1. The Labute approximate surface area is 183 Å². The van der Waals surface area contributed by atoms with Crippen molar-refractivity contribution in [1.82, 2.24) is 10.6 Å². The molecule has 0 aliphatic carbocycles. The molecule has 2 atom stereocenters. The van der Waals surface area contributed by atoms with Crippen LogP contribution in [0.15, 0.2) is 33.4 Å². The van der Waals surface area contributed by atoms with Crippen LogP contribution >= 0.6 is 39.1 Å². The topological polar surface area (TPSA) is 72.0 Å². The fraction of sp³-hybridized carbons (Fsp3) is 0.474. The minimum Gasteiger partial charge on any atom is -0.484 e. The molecule has 1 amide bonds. The summed E-state index contributed by atoms with van der Waals surface area (Å²) in [4.78, 5) is 16.4. The molecule has 1 aromatic rings. The summed E-state index contributed by atoms with van der Waals surface area (Å²) in [5.74, 6) is 0.933. The van der Waals surface area contributed by atoms with Gasteiger partial charge in [-0.15, -0.1) is 0 Å². The second-order valence-corrected chi connectivity index (χ2v) is 8.14. The summed E-state index contributed by atoms with van der Waals surface area (Å²) in [6.07, 6.45) is 1.61. The van der Waals surface area contributed by atoms with Crippen LogP contribution < -0.4 is 15.4 Å². The number of hydrogen-bond acceptors (Lipinski definition) is 5. The molecular formula is C19H24BrCl2N3O3. The average Bonchev–Trinajstić information content (AvgIpc) is 2.67. The molecule has 0 unspecified atom stereocenters. The Morgan fingerprint density at radius 1 is 1.32 bits per heavy atom. The molecule has 2 rings (SSSR count). The molecule has 0 bridgehead atoms. The van der Waals surface area contributed by atoms with Crippen LogP contribution in [0.4, 0.5) is 0 Å². The second-order valence-electron chi connectivity index (χ2n) is 6.60. The van der Waals surface area contributed by atoms with E-state index in [1.165, 1.54) is 0 Å². The van der Waals surface area contributed by atoms with Crippen LogP contribution in [0.5, 0.6) is 5.75 Å². The van der Waals surface area contributed by atoms with Crippen LogP contribution in [0.25, 0.3) is 0 Å². The largest absolute Gasteiger partial charge is 0.484 e. The molecule has 1 fully saturated rings. The van der Waals surface area contributed by atoms with Gasteiger partial charge in [-0.2, -0.15) is 0 Å². The zero-order valence-electron chi connectivity index (χ0n) is 16.0. The van der Waals surface area contributed by atoms with Gasteiger partial charge in [0.1, 0.15) is 5.75 Å². The maximum atomic E-state index is 12.1. The fourth-order valence-electron chi connectivity index (χ4n) is 2.64. The molecule has 1 aliphatic rings. The molecule has 0 radical (unpaired) electrons. The van der Waals surface area contributed by atoms with Gasteiger partial charge in [0.2, 0.25) is 5.90 Å². The van der Waals surface area contributed by atoms with Gasteiger partial charge in [0.05, 0.1) is 16.1 Å². The van der Waals surface area contributed by atoms with E-state index in [1.807, 2.05) is 13.8 Å². The van der Waals surface area contributed by atoms with Gasteiger partial charge in [-0.3, -0.25) is 9.79 Å². The van der Waals surface area contributed by atoms with Crippen LogP contribution in [-0.2, 0) is 9.53 Å². The molecule has 0 aromatic heterocycles. The molecular weight excluding hydrogens is 469 g/mol. The predicted octanol–water partition coefficient (Wildman–Crippen LogP) is 4.30. The lowest BCUT2D eigenvalue weighted by Crippen LogP contribution is -2.53. The molecule has 1 aliphatic heterocycles. The first-order valence-electron chi connectivity index (χ1n) is 8.88. The number of nitrogens with one attached hydrogen (secondary N) is 2. The first-order valence-corrected chi connectivity index (χ1v) is 10.4. The molecule has 154 valence electrons. The number of allylic oxidation sites excluding steroid dienone is 1. The van der Waals surface area contributed by atoms with E-state index in [4.69, 9.17) is 32.7 Å². The van der Waals surface area contributed by atoms with Gasteiger partial charge in [-0.05, 0) is 60.3 Å². The highest BCUT2D eigenvalue weighted by Gasteiger charge is 2.26. The van der Waals surface area contributed by atoms with Gasteiger partial charge in [0, 0.05) is 25.7 Å². The van der Waals surface area contributed by atoms with Crippen molar-refractivity contribution in [3.8, 4) is 5.75 Å². The Bertz CT molecular complexity index is 759. The van der Waals surface area contributed by atoms with Crippen LogP contribution in [-0.4, -0.2) is 44.1 Å². The third kappa shape index (κ3) is 6.95. The van der Waals surface area contributed by atoms with Gasteiger partial charge in [0.25, 0.3) is 5.91 Å². The van der Waals surface area contributed by atoms with Crippen molar-refractivity contribution in [2.45, 2.75) is 38.8 Å². The molecule has 0 saturated carbocycles. The van der Waals surface area contributed by atoms with Crippen molar-refractivity contribution in [3.63, 3.8) is 0 Å². The third-order valence-electron chi connectivity index (χ3n) is 4.15. The Hall–Kier alpha value is -1.28. The number of amides is 1. The van der Waals surface area contributed by atoms with Crippen molar-refractivity contribution in [1.29, 1.82) is 0 Å². The van der Waals surface area contributed by atoms with Crippen molar-refractivity contribution < 1.29 is 14.3 Å². The number of piperidine rings is 1. The maximum absolute atomic E-state index is 12.1. The number of carbonyl (C=O) groups is 1. The number of benzene rings is 1. The number of halogens is 3. The molecule has 6 nitrogen and oxygen atoms in total. The number of carbonyl (C=O) groups excluding carboxylic acids is 1. The zero-order chi connectivity index (χ0) is 20.7. The van der Waals surface area contributed by atoms with E-state index >= 15 is 0 Å². The van der Waals surface area contributed by atoms with E-state index in [0.717, 1.165) is 18.4 Å². The first kappa shape index (κ1) is 23.0. The lowest BCUT2D eigenvalue weighted by molar-refractivity contribution is -0.123. The molecule has 1 aromatic carbocycles. The summed E-state index contributed by atoms with van der Waals surface area (Å²) in [5, 5.41) is 7.17. The minimum absolute atomic E-state index is 0.0116. The van der Waals surface area contributed by atoms with Crippen molar-refractivity contribution in [2.75, 3.05) is 20.2 Å². The Balaban J connectivity index is 1.77. The highest BCUT2D eigenvalue weighted by Crippen LogP contribution is 2.26. The SMILES string of the molecule is C/N=C(\OC(Br)=C(C)C)[C@H]1CC[C@H](NC(=O)COc2ccc(Cl)c(Cl)c2)CN1. The van der Waals surface area contributed by atoms with Gasteiger partial charge in [-0.25, -0.2) is 0 Å². The molecule has 28 heavy (non-hydrogen) atoms. The normalized spacial score (nSPS) is 19.7. The van der Waals surface area contributed by atoms with E-state index in [9.17, 15) is 4.79 Å². The highest BCUT2D eigenvalue weighted by molar-refractivity contribution is 9.11. The summed E-state index contributed by atoms with van der Waals surface area (Å²) in [6, 6.07) is 4.92. The molecule has 1 heterocycles. The highest BCUT2D eigenvalue weighted by atomic mass is 79.9. The van der Waals surface area contributed by atoms with Crippen molar-refractivity contribution in [3.05, 3.63) is 38.5 Å².